The van der Waals surface area contributed by atoms with E-state index in [1.165, 1.54) is 6.42 Å². The van der Waals surface area contributed by atoms with Crippen LogP contribution in [0, 0.1) is 0 Å². The van der Waals surface area contributed by atoms with E-state index in [1.807, 2.05) is 21.9 Å². The van der Waals surface area contributed by atoms with Gasteiger partial charge in [0, 0.05) is 63.3 Å². The molecule has 2 aliphatic heterocycles. The van der Waals surface area contributed by atoms with Gasteiger partial charge in [0.2, 0.25) is 5.91 Å². The van der Waals surface area contributed by atoms with Crippen LogP contribution in [0.3, 0.4) is 0 Å². The predicted octanol–water partition coefficient (Wildman–Crippen LogP) is 2.63. The Bertz CT molecular complexity index is 636. The van der Waals surface area contributed by atoms with Crippen LogP contribution < -0.4 is 0 Å². The highest BCUT2D eigenvalue weighted by Crippen LogP contribution is 2.22. The lowest BCUT2D eigenvalue weighted by Crippen LogP contribution is -2.47. The molecule has 0 bridgehead atoms. The average Bonchev–Trinajstić information content (AvgIpc) is 2.64. The summed E-state index contributed by atoms with van der Waals surface area (Å²) in [6, 6.07) is 5.67. The number of hydrogen-bond donors (Lipinski definition) is 0. The zero-order valence-electron chi connectivity index (χ0n) is 14.8. The molecule has 0 aromatic heterocycles. The van der Waals surface area contributed by atoms with Gasteiger partial charge in [0.05, 0.1) is 0 Å². The summed E-state index contributed by atoms with van der Waals surface area (Å²) < 4.78 is 0. The molecule has 1 aromatic carbocycles. The Morgan fingerprint density at radius 3 is 2.24 bits per heavy atom. The number of piperidine rings is 1. The number of benzene rings is 1. The van der Waals surface area contributed by atoms with Crippen LogP contribution in [0.2, 0.25) is 5.02 Å². The molecule has 136 valence electrons. The third kappa shape index (κ3) is 4.53. The number of carbonyl (C=O) groups excluding carboxylic acids is 2. The monoisotopic (exact) mass is 363 g/mol. The number of carbonyl (C=O) groups is 2. The Balaban J connectivity index is 1.60. The molecule has 2 saturated heterocycles. The fourth-order valence-electron chi connectivity index (χ4n) is 3.55. The van der Waals surface area contributed by atoms with Crippen molar-refractivity contribution in [1.29, 1.82) is 0 Å². The lowest BCUT2D eigenvalue weighted by molar-refractivity contribution is -0.130. The van der Waals surface area contributed by atoms with Crippen molar-refractivity contribution >= 4 is 23.4 Å². The summed E-state index contributed by atoms with van der Waals surface area (Å²) in [5.41, 5.74) is 1.71. The van der Waals surface area contributed by atoms with Crippen molar-refractivity contribution in [1.82, 2.24) is 14.7 Å². The van der Waals surface area contributed by atoms with E-state index in [2.05, 4.69) is 4.90 Å². The molecule has 0 atom stereocenters. The van der Waals surface area contributed by atoms with Crippen molar-refractivity contribution in [3.63, 3.8) is 0 Å². The molecule has 2 aliphatic rings. The molecule has 5 nitrogen and oxygen atoms in total. The van der Waals surface area contributed by atoms with E-state index in [9.17, 15) is 9.59 Å². The molecule has 3 rings (SSSR count). The zero-order valence-corrected chi connectivity index (χ0v) is 15.6. The summed E-state index contributed by atoms with van der Waals surface area (Å²) in [5.74, 6) is 0.224. The molecule has 25 heavy (non-hydrogen) atoms. The van der Waals surface area contributed by atoms with Crippen molar-refractivity contribution in [2.24, 2.45) is 0 Å². The van der Waals surface area contributed by atoms with Gasteiger partial charge in [-0.25, -0.2) is 0 Å². The second kappa shape index (κ2) is 8.19. The van der Waals surface area contributed by atoms with Gasteiger partial charge in [-0.3, -0.25) is 14.5 Å². The minimum atomic E-state index is 0.0863. The third-order valence-electron chi connectivity index (χ3n) is 5.15. The molecule has 2 amide bonds. The number of amides is 2. The van der Waals surface area contributed by atoms with Gasteiger partial charge < -0.3 is 9.80 Å². The smallest absolute Gasteiger partial charge is 0.253 e. The van der Waals surface area contributed by atoms with E-state index < -0.39 is 0 Å². The number of rotatable bonds is 3. The maximum absolute atomic E-state index is 12.6. The highest BCUT2D eigenvalue weighted by molar-refractivity contribution is 6.31. The SMILES string of the molecule is CC(=O)N1CCN(Cc2ccc(C(=O)N3CCCCC3)cc2Cl)CC1. The molecule has 0 N–H and O–H groups in total. The Morgan fingerprint density at radius 1 is 0.960 bits per heavy atom. The largest absolute Gasteiger partial charge is 0.340 e. The first kappa shape index (κ1) is 18.2. The number of nitrogens with zero attached hydrogens (tertiary/aromatic N) is 3. The standard InChI is InChI=1S/C19H26ClN3O2/c1-15(24)22-11-9-21(10-12-22)14-17-6-5-16(13-18(17)20)19(25)23-7-3-2-4-8-23/h5-6,13H,2-4,7-12,14H2,1H3. The van der Waals surface area contributed by atoms with Crippen LogP contribution in [0.25, 0.3) is 0 Å². The van der Waals surface area contributed by atoms with Gasteiger partial charge in [-0.15, -0.1) is 0 Å². The molecular weight excluding hydrogens is 338 g/mol. The number of piperazine rings is 1. The molecule has 2 fully saturated rings. The Kier molecular flexibility index (Phi) is 5.97. The predicted molar refractivity (Wildman–Crippen MR) is 98.7 cm³/mol. The number of halogens is 1. The number of likely N-dealkylation sites (tertiary alicyclic amines) is 1. The van der Waals surface area contributed by atoms with E-state index in [0.717, 1.165) is 64.2 Å². The summed E-state index contributed by atoms with van der Waals surface area (Å²) in [5, 5.41) is 0.650. The van der Waals surface area contributed by atoms with Crippen LogP contribution in [-0.4, -0.2) is 65.8 Å². The summed E-state index contributed by atoms with van der Waals surface area (Å²) in [4.78, 5) is 30.1. The second-order valence-corrected chi connectivity index (χ2v) is 7.35. The van der Waals surface area contributed by atoms with E-state index >= 15 is 0 Å². The molecule has 0 radical (unpaired) electrons. The molecule has 0 saturated carbocycles. The molecule has 2 heterocycles. The molecule has 6 heteroatoms. The topological polar surface area (TPSA) is 43.9 Å². The van der Waals surface area contributed by atoms with Crippen LogP contribution in [0.15, 0.2) is 18.2 Å². The van der Waals surface area contributed by atoms with Crippen molar-refractivity contribution in [2.45, 2.75) is 32.7 Å². The lowest BCUT2D eigenvalue weighted by Gasteiger charge is -2.34. The Morgan fingerprint density at radius 2 is 1.64 bits per heavy atom. The quantitative estimate of drug-likeness (QED) is 0.829. The minimum Gasteiger partial charge on any atom is -0.340 e. The molecule has 0 spiro atoms. The lowest BCUT2D eigenvalue weighted by atomic mass is 10.1. The van der Waals surface area contributed by atoms with Gasteiger partial charge in [-0.2, -0.15) is 0 Å². The first-order valence-electron chi connectivity index (χ1n) is 9.10. The van der Waals surface area contributed by atoms with Crippen LogP contribution >= 0.6 is 11.6 Å². The van der Waals surface area contributed by atoms with Crippen LogP contribution in [0.1, 0.15) is 42.1 Å². The fraction of sp³-hybridized carbons (Fsp3) is 0.579. The van der Waals surface area contributed by atoms with Crippen molar-refractivity contribution < 1.29 is 9.59 Å². The zero-order chi connectivity index (χ0) is 17.8. The maximum atomic E-state index is 12.6. The van der Waals surface area contributed by atoms with Crippen LogP contribution in [0.4, 0.5) is 0 Å². The van der Waals surface area contributed by atoms with E-state index in [1.54, 1.807) is 13.0 Å². The molecule has 1 aromatic rings. The van der Waals surface area contributed by atoms with Crippen LogP contribution in [-0.2, 0) is 11.3 Å². The number of hydrogen-bond acceptors (Lipinski definition) is 3. The van der Waals surface area contributed by atoms with E-state index in [4.69, 9.17) is 11.6 Å². The van der Waals surface area contributed by atoms with Gasteiger partial charge in [0.1, 0.15) is 0 Å². The fourth-order valence-corrected chi connectivity index (χ4v) is 3.79. The highest BCUT2D eigenvalue weighted by Gasteiger charge is 2.21. The average molecular weight is 364 g/mol. The molecule has 0 unspecified atom stereocenters. The first-order valence-corrected chi connectivity index (χ1v) is 9.48. The summed E-state index contributed by atoms with van der Waals surface area (Å²) in [7, 11) is 0. The first-order chi connectivity index (χ1) is 12.0. The van der Waals surface area contributed by atoms with Gasteiger partial charge in [-0.05, 0) is 37.0 Å². The Hall–Kier alpha value is -1.59. The van der Waals surface area contributed by atoms with E-state index in [-0.39, 0.29) is 11.8 Å². The van der Waals surface area contributed by atoms with Gasteiger partial charge in [-0.1, -0.05) is 17.7 Å². The summed E-state index contributed by atoms with van der Waals surface area (Å²) in [6.07, 6.45) is 3.38. The van der Waals surface area contributed by atoms with E-state index in [0.29, 0.717) is 10.6 Å². The highest BCUT2D eigenvalue weighted by atomic mass is 35.5. The second-order valence-electron chi connectivity index (χ2n) is 6.94. The molecule has 0 aliphatic carbocycles. The van der Waals surface area contributed by atoms with Crippen LogP contribution in [0.5, 0.6) is 0 Å². The van der Waals surface area contributed by atoms with Gasteiger partial charge in [0.15, 0.2) is 0 Å². The van der Waals surface area contributed by atoms with Crippen molar-refractivity contribution in [3.8, 4) is 0 Å². The molecular formula is C19H26ClN3O2. The van der Waals surface area contributed by atoms with Crippen molar-refractivity contribution in [2.75, 3.05) is 39.3 Å². The minimum absolute atomic E-state index is 0.0863. The normalized spacial score (nSPS) is 19.1. The van der Waals surface area contributed by atoms with Gasteiger partial charge in [0.25, 0.3) is 5.91 Å². The summed E-state index contributed by atoms with van der Waals surface area (Å²) >= 11 is 6.45. The Labute approximate surface area is 154 Å². The van der Waals surface area contributed by atoms with Gasteiger partial charge >= 0.3 is 0 Å². The third-order valence-corrected chi connectivity index (χ3v) is 5.51. The summed E-state index contributed by atoms with van der Waals surface area (Å²) in [6.45, 7) is 7.29. The maximum Gasteiger partial charge on any atom is 0.253 e. The van der Waals surface area contributed by atoms with Crippen molar-refractivity contribution in [3.05, 3.63) is 34.3 Å².